The zero-order chi connectivity index (χ0) is 14.8. The van der Waals surface area contributed by atoms with Gasteiger partial charge in [0.25, 0.3) is 11.6 Å². The summed E-state index contributed by atoms with van der Waals surface area (Å²) in [6, 6.07) is 4.33. The van der Waals surface area contributed by atoms with E-state index < -0.39 is 4.92 Å². The van der Waals surface area contributed by atoms with Crippen molar-refractivity contribution in [2.45, 2.75) is 17.6 Å². The summed E-state index contributed by atoms with van der Waals surface area (Å²) in [6.45, 7) is 0.638. The van der Waals surface area contributed by atoms with Crippen LogP contribution in [-0.2, 0) is 0 Å². The zero-order valence-corrected chi connectivity index (χ0v) is 12.3. The summed E-state index contributed by atoms with van der Waals surface area (Å²) in [6.07, 6.45) is 4.29. The number of anilines is 1. The largest absolute Gasteiger partial charge is 0.383 e. The number of nitro groups is 1. The molecule has 1 aromatic carbocycles. The van der Waals surface area contributed by atoms with Crippen molar-refractivity contribution in [1.29, 1.82) is 0 Å². The number of amides is 1. The van der Waals surface area contributed by atoms with Gasteiger partial charge in [-0.3, -0.25) is 14.9 Å². The molecule has 1 saturated carbocycles. The SMILES string of the molecule is CNc1cc(C(=O)NCC2(SC)CC2)ccc1[N+](=O)[O-]. The van der Waals surface area contributed by atoms with E-state index in [2.05, 4.69) is 10.6 Å². The number of rotatable bonds is 6. The van der Waals surface area contributed by atoms with Crippen molar-refractivity contribution >= 4 is 29.0 Å². The fourth-order valence-corrected chi connectivity index (χ4v) is 2.70. The number of nitrogens with one attached hydrogen (secondary N) is 2. The molecule has 108 valence electrons. The molecule has 1 aromatic rings. The number of nitro benzene ring substituents is 1. The molecule has 1 aliphatic carbocycles. The third-order valence-electron chi connectivity index (χ3n) is 3.54. The first kappa shape index (κ1) is 14.6. The minimum atomic E-state index is -0.472. The second-order valence-electron chi connectivity index (χ2n) is 4.81. The predicted molar refractivity (Wildman–Crippen MR) is 80.5 cm³/mol. The topological polar surface area (TPSA) is 84.3 Å². The van der Waals surface area contributed by atoms with Crippen molar-refractivity contribution in [3.05, 3.63) is 33.9 Å². The van der Waals surface area contributed by atoms with Crippen LogP contribution in [0.5, 0.6) is 0 Å². The highest BCUT2D eigenvalue weighted by Gasteiger charge is 2.41. The van der Waals surface area contributed by atoms with Gasteiger partial charge >= 0.3 is 0 Å². The molecule has 2 rings (SSSR count). The van der Waals surface area contributed by atoms with Crippen molar-refractivity contribution in [1.82, 2.24) is 5.32 Å². The standard InChI is InChI=1S/C13H17N3O3S/c1-14-10-7-9(3-4-11(10)16(18)19)12(17)15-8-13(20-2)5-6-13/h3-4,7,14H,5-6,8H2,1-2H3,(H,15,17). The second-order valence-corrected chi connectivity index (χ2v) is 6.08. The summed E-state index contributed by atoms with van der Waals surface area (Å²) in [7, 11) is 1.59. The Balaban J connectivity index is 2.08. The lowest BCUT2D eigenvalue weighted by Gasteiger charge is -2.13. The van der Waals surface area contributed by atoms with E-state index in [0.29, 0.717) is 17.8 Å². The summed E-state index contributed by atoms with van der Waals surface area (Å²) in [5.74, 6) is -0.197. The first-order valence-electron chi connectivity index (χ1n) is 6.31. The summed E-state index contributed by atoms with van der Waals surface area (Å²) < 4.78 is 0.197. The van der Waals surface area contributed by atoms with Crippen molar-refractivity contribution < 1.29 is 9.72 Å². The number of nitrogens with zero attached hydrogens (tertiary/aromatic N) is 1. The Morgan fingerprint density at radius 1 is 1.50 bits per heavy atom. The van der Waals surface area contributed by atoms with Gasteiger partial charge in [0.15, 0.2) is 0 Å². The van der Waals surface area contributed by atoms with Gasteiger partial charge in [-0.2, -0.15) is 11.8 Å². The monoisotopic (exact) mass is 295 g/mol. The number of hydrogen-bond acceptors (Lipinski definition) is 5. The number of hydrogen-bond donors (Lipinski definition) is 2. The highest BCUT2D eigenvalue weighted by atomic mass is 32.2. The summed E-state index contributed by atoms with van der Waals surface area (Å²) >= 11 is 1.77. The Kier molecular flexibility index (Phi) is 4.17. The maximum absolute atomic E-state index is 12.1. The molecule has 0 aromatic heterocycles. The quantitative estimate of drug-likeness (QED) is 0.621. The van der Waals surface area contributed by atoms with E-state index in [9.17, 15) is 14.9 Å². The molecule has 1 fully saturated rings. The molecule has 0 atom stereocenters. The first-order chi connectivity index (χ1) is 9.51. The lowest BCUT2D eigenvalue weighted by atomic mass is 10.1. The Morgan fingerprint density at radius 2 is 2.20 bits per heavy atom. The Labute approximate surface area is 121 Å². The molecule has 0 radical (unpaired) electrons. The average Bonchev–Trinajstić information content (AvgIpc) is 3.24. The highest BCUT2D eigenvalue weighted by Crippen LogP contribution is 2.46. The van der Waals surface area contributed by atoms with E-state index in [4.69, 9.17) is 0 Å². The lowest BCUT2D eigenvalue weighted by molar-refractivity contribution is -0.383. The van der Waals surface area contributed by atoms with Crippen LogP contribution in [0.15, 0.2) is 18.2 Å². The number of benzene rings is 1. The minimum absolute atomic E-state index is 0.0353. The molecule has 2 N–H and O–H groups in total. The zero-order valence-electron chi connectivity index (χ0n) is 11.4. The normalized spacial score (nSPS) is 15.5. The van der Waals surface area contributed by atoms with Crippen LogP contribution in [0, 0.1) is 10.1 Å². The molecule has 0 saturated heterocycles. The average molecular weight is 295 g/mol. The van der Waals surface area contributed by atoms with Gasteiger partial charge in [-0.05, 0) is 31.2 Å². The molecule has 1 amide bonds. The fourth-order valence-electron chi connectivity index (χ4n) is 1.97. The third-order valence-corrected chi connectivity index (χ3v) is 4.96. The molecule has 0 aliphatic heterocycles. The second kappa shape index (κ2) is 5.70. The van der Waals surface area contributed by atoms with Crippen molar-refractivity contribution in [2.24, 2.45) is 0 Å². The molecule has 1 aliphatic rings. The van der Waals surface area contributed by atoms with E-state index in [-0.39, 0.29) is 16.3 Å². The Hall–Kier alpha value is -1.76. The van der Waals surface area contributed by atoms with Gasteiger partial charge in [-0.1, -0.05) is 0 Å². The molecule has 0 heterocycles. The lowest BCUT2D eigenvalue weighted by Crippen LogP contribution is -2.31. The molecule has 7 heteroatoms. The highest BCUT2D eigenvalue weighted by molar-refractivity contribution is 8.00. The van der Waals surface area contributed by atoms with Crippen molar-refractivity contribution in [2.75, 3.05) is 25.2 Å². The number of carbonyl (C=O) groups excluding carboxylic acids is 1. The maximum atomic E-state index is 12.1. The molecular formula is C13H17N3O3S. The molecule has 20 heavy (non-hydrogen) atoms. The third kappa shape index (κ3) is 3.04. The van der Waals surface area contributed by atoms with Crippen LogP contribution in [-0.4, -0.2) is 35.4 Å². The van der Waals surface area contributed by atoms with Crippen molar-refractivity contribution in [3.8, 4) is 0 Å². The number of carbonyl (C=O) groups is 1. The van der Waals surface area contributed by atoms with Crippen LogP contribution in [0.4, 0.5) is 11.4 Å². The molecule has 6 nitrogen and oxygen atoms in total. The van der Waals surface area contributed by atoms with E-state index in [1.165, 1.54) is 18.2 Å². The predicted octanol–water partition coefficient (Wildman–Crippen LogP) is 2.26. The first-order valence-corrected chi connectivity index (χ1v) is 7.53. The van der Waals surface area contributed by atoms with Gasteiger partial charge < -0.3 is 10.6 Å². The smallest absolute Gasteiger partial charge is 0.292 e. The maximum Gasteiger partial charge on any atom is 0.292 e. The van der Waals surface area contributed by atoms with Crippen LogP contribution in [0.25, 0.3) is 0 Å². The van der Waals surface area contributed by atoms with Gasteiger partial charge in [0, 0.05) is 30.0 Å². The van der Waals surface area contributed by atoms with Gasteiger partial charge in [-0.15, -0.1) is 0 Å². The van der Waals surface area contributed by atoms with Crippen LogP contribution >= 0.6 is 11.8 Å². The van der Waals surface area contributed by atoms with Crippen LogP contribution in [0.3, 0.4) is 0 Å². The van der Waals surface area contributed by atoms with Gasteiger partial charge in [0.2, 0.25) is 0 Å². The van der Waals surface area contributed by atoms with E-state index in [0.717, 1.165) is 12.8 Å². The van der Waals surface area contributed by atoms with Crippen molar-refractivity contribution in [3.63, 3.8) is 0 Å². The number of thioether (sulfide) groups is 1. The molecule has 0 unspecified atom stereocenters. The van der Waals surface area contributed by atoms with Crippen LogP contribution in [0.2, 0.25) is 0 Å². The minimum Gasteiger partial charge on any atom is -0.383 e. The summed E-state index contributed by atoms with van der Waals surface area (Å²) in [5.41, 5.74) is 0.734. The fraction of sp³-hybridized carbons (Fsp3) is 0.462. The Bertz CT molecular complexity index is 544. The molecular weight excluding hydrogens is 278 g/mol. The van der Waals surface area contributed by atoms with Gasteiger partial charge in [0.1, 0.15) is 5.69 Å². The summed E-state index contributed by atoms with van der Waals surface area (Å²) in [5, 5.41) is 16.5. The van der Waals surface area contributed by atoms with Gasteiger partial charge in [-0.25, -0.2) is 0 Å². The van der Waals surface area contributed by atoms with Crippen LogP contribution in [0.1, 0.15) is 23.2 Å². The molecule has 0 spiro atoms. The summed E-state index contributed by atoms with van der Waals surface area (Å²) in [4.78, 5) is 22.4. The van der Waals surface area contributed by atoms with E-state index in [1.54, 1.807) is 18.8 Å². The Morgan fingerprint density at radius 3 is 2.70 bits per heavy atom. The molecule has 0 bridgehead atoms. The van der Waals surface area contributed by atoms with E-state index in [1.807, 2.05) is 6.26 Å². The van der Waals surface area contributed by atoms with E-state index >= 15 is 0 Å². The van der Waals surface area contributed by atoms with Crippen LogP contribution < -0.4 is 10.6 Å². The van der Waals surface area contributed by atoms with Gasteiger partial charge in [0.05, 0.1) is 4.92 Å².